The van der Waals surface area contributed by atoms with Crippen molar-refractivity contribution in [1.29, 1.82) is 0 Å². The van der Waals surface area contributed by atoms with E-state index in [0.717, 1.165) is 0 Å². The summed E-state index contributed by atoms with van der Waals surface area (Å²) in [7, 11) is -1.73. The van der Waals surface area contributed by atoms with E-state index in [4.69, 9.17) is 13.3 Å². The molecule has 0 atom stereocenters. The van der Waals surface area contributed by atoms with Crippen LogP contribution in [0.25, 0.3) is 68.9 Å². The van der Waals surface area contributed by atoms with E-state index >= 15 is 0 Å². The van der Waals surface area contributed by atoms with E-state index in [1.54, 1.807) is 63.3 Å². The quantitative estimate of drug-likeness (QED) is 0.122. The first-order chi connectivity index (χ1) is 24.7. The second-order valence-corrected chi connectivity index (χ2v) is 27.7. The Labute approximate surface area is 344 Å². The minimum absolute atomic E-state index is 0.395. The molecule has 0 unspecified atom stereocenters. The van der Waals surface area contributed by atoms with Crippen molar-refractivity contribution in [3.05, 3.63) is 100 Å². The third kappa shape index (κ3) is 8.64. The van der Waals surface area contributed by atoms with Crippen LogP contribution in [0.3, 0.4) is 0 Å². The SMILES string of the molecule is CCO[SiH](OCC)OCC.c1c[se]c(-c2cc[se]c2-c2cc[se]c2-c2cc[se]c2-c2cc[se]c2-c2cc[se]c2-c2cc[se]c2-c2ccc[se]2)c1. The summed E-state index contributed by atoms with van der Waals surface area (Å²) in [5.74, 6) is 0. The van der Waals surface area contributed by atoms with Crippen LogP contribution in [0.5, 0.6) is 0 Å². The van der Waals surface area contributed by atoms with Gasteiger partial charge in [-0.2, -0.15) is 0 Å². The van der Waals surface area contributed by atoms with E-state index in [-0.39, 0.29) is 0 Å². The molecule has 8 rings (SSSR count). The van der Waals surface area contributed by atoms with Crippen LogP contribution < -0.4 is 0 Å². The maximum absolute atomic E-state index is 5.22. The van der Waals surface area contributed by atoms with Gasteiger partial charge in [0.1, 0.15) is 0 Å². The van der Waals surface area contributed by atoms with Crippen LogP contribution in [0, 0.1) is 0 Å². The van der Waals surface area contributed by atoms with Crippen molar-refractivity contribution < 1.29 is 13.3 Å². The van der Waals surface area contributed by atoms with Crippen molar-refractivity contribution in [1.82, 2.24) is 0 Å². The third-order valence-corrected chi connectivity index (χ3v) is 25.8. The van der Waals surface area contributed by atoms with Crippen molar-refractivity contribution in [2.45, 2.75) is 20.8 Å². The summed E-state index contributed by atoms with van der Waals surface area (Å²) in [4.78, 5) is 19.5. The Morgan fingerprint density at radius 3 is 1.04 bits per heavy atom. The van der Waals surface area contributed by atoms with Gasteiger partial charge in [-0.05, 0) is 20.8 Å². The molecule has 0 bridgehead atoms. The van der Waals surface area contributed by atoms with Gasteiger partial charge < -0.3 is 13.3 Å². The van der Waals surface area contributed by atoms with E-state index in [2.05, 4.69) is 100 Å². The molecule has 8 aromatic rings. The van der Waals surface area contributed by atoms with E-state index in [9.17, 15) is 0 Å². The zero-order chi connectivity index (χ0) is 34.3. The molecule has 0 N–H and O–H groups in total. The molecular weight excluding hydrogens is 1160 g/mol. The van der Waals surface area contributed by atoms with Gasteiger partial charge in [-0.1, -0.05) is 0 Å². The predicted molar refractivity (Wildman–Crippen MR) is 222 cm³/mol. The van der Waals surface area contributed by atoms with Crippen LogP contribution in [0.2, 0.25) is 0 Å². The van der Waals surface area contributed by atoms with Crippen LogP contribution in [-0.2, 0) is 13.3 Å². The second kappa shape index (κ2) is 19.1. The summed E-state index contributed by atoms with van der Waals surface area (Å²) in [6.45, 7) is 7.86. The number of rotatable bonds is 13. The van der Waals surface area contributed by atoms with E-state index in [0.29, 0.717) is 136 Å². The van der Waals surface area contributed by atoms with Crippen molar-refractivity contribution >= 4 is 126 Å². The Balaban J connectivity index is 0.000000345. The molecule has 0 radical (unpaired) electrons. The molecule has 0 aliphatic heterocycles. The van der Waals surface area contributed by atoms with E-state index < -0.39 is 9.53 Å². The van der Waals surface area contributed by atoms with Crippen LogP contribution in [0.15, 0.2) is 100 Å². The molecule has 50 heavy (non-hydrogen) atoms. The van der Waals surface area contributed by atoms with Crippen LogP contribution in [0.4, 0.5) is 0 Å². The zero-order valence-corrected chi connectivity index (χ0v) is 42.4. The van der Waals surface area contributed by atoms with Crippen LogP contribution in [0.1, 0.15) is 20.8 Å². The first kappa shape index (κ1) is 38.4. The molecule has 0 spiro atoms. The fraction of sp³-hybridized carbons (Fsp3) is 0.158. The van der Waals surface area contributed by atoms with Gasteiger partial charge in [0, 0.05) is 19.8 Å². The number of hydrogen-bond donors (Lipinski definition) is 0. The summed E-state index contributed by atoms with van der Waals surface area (Å²) >= 11 is 3.52. The topological polar surface area (TPSA) is 27.7 Å². The van der Waals surface area contributed by atoms with Gasteiger partial charge in [-0.3, -0.25) is 0 Å². The van der Waals surface area contributed by atoms with Gasteiger partial charge >= 0.3 is 295 Å². The summed E-state index contributed by atoms with van der Waals surface area (Å²) in [6, 6.07) is 24.0. The fourth-order valence-corrected chi connectivity index (χ4v) is 24.2. The van der Waals surface area contributed by atoms with Crippen molar-refractivity contribution in [2.75, 3.05) is 19.8 Å². The van der Waals surface area contributed by atoms with Crippen molar-refractivity contribution in [3.63, 3.8) is 0 Å². The molecular formula is C38H34O3Se8Si. The molecule has 0 aromatic carbocycles. The van der Waals surface area contributed by atoms with E-state index in [1.807, 2.05) is 20.8 Å². The summed E-state index contributed by atoms with van der Waals surface area (Å²) in [6.07, 6.45) is 0. The second-order valence-electron chi connectivity index (χ2n) is 10.6. The standard InChI is InChI=1S/C32H18Se8.C6H16O3Si/c1-3-25(33-11-1)19-5-13-35-27(19)20-6-14-36-28(20)21-7-15-37-29(21)22-8-16-38-30(22)23-9-17-39-31(23)24-10-18-40-32(24)26-4-2-12-34-26;1-4-7-10(8-5-2)9-6-3/h1-18H;10H,4-6H2,1-3H3. The number of hydrogen-bond acceptors (Lipinski definition) is 3. The van der Waals surface area contributed by atoms with Crippen molar-refractivity contribution in [3.8, 4) is 68.9 Å². The van der Waals surface area contributed by atoms with Gasteiger partial charge in [0.25, 0.3) is 0 Å². The van der Waals surface area contributed by atoms with Gasteiger partial charge in [-0.25, -0.2) is 0 Å². The first-order valence-corrected chi connectivity index (χ1v) is 32.3. The molecule has 0 saturated heterocycles. The average Bonchev–Trinajstić information content (AvgIpc) is 3.98. The van der Waals surface area contributed by atoms with Crippen LogP contribution >= 0.6 is 0 Å². The Morgan fingerprint density at radius 1 is 0.360 bits per heavy atom. The molecule has 256 valence electrons. The monoisotopic (exact) mass is 1210 g/mol. The molecule has 8 heterocycles. The van der Waals surface area contributed by atoms with Gasteiger partial charge in [0.05, 0.1) is 0 Å². The molecule has 0 fully saturated rings. The predicted octanol–water partition coefficient (Wildman–Crippen LogP) is 6.62. The molecule has 0 saturated carbocycles. The van der Waals surface area contributed by atoms with Gasteiger partial charge in [0.15, 0.2) is 0 Å². The Kier molecular flexibility index (Phi) is 14.7. The summed E-state index contributed by atoms with van der Waals surface area (Å²) < 4.78 is 28.6. The summed E-state index contributed by atoms with van der Waals surface area (Å²) in [5, 5.41) is 0. The Morgan fingerprint density at radius 2 is 0.680 bits per heavy atom. The van der Waals surface area contributed by atoms with Gasteiger partial charge in [0.2, 0.25) is 0 Å². The Bertz CT molecular complexity index is 2030. The zero-order valence-electron chi connectivity index (χ0n) is 27.6. The third-order valence-electron chi connectivity index (χ3n) is 7.65. The molecule has 0 amide bonds. The fourth-order valence-electron chi connectivity index (χ4n) is 5.57. The minimum atomic E-state index is -1.73. The average molecular weight is 1200 g/mol. The maximum atomic E-state index is 5.22. The Hall–Kier alpha value is 0.0927. The van der Waals surface area contributed by atoms with Gasteiger partial charge in [-0.15, -0.1) is 0 Å². The molecule has 3 nitrogen and oxygen atoms in total. The molecule has 8 aromatic heterocycles. The molecule has 12 heteroatoms. The molecule has 0 aliphatic carbocycles. The first-order valence-electron chi connectivity index (χ1n) is 16.1. The normalized spacial score (nSPS) is 11.4. The summed E-state index contributed by atoms with van der Waals surface area (Å²) in [5.41, 5.74) is 9.30. The van der Waals surface area contributed by atoms with Crippen LogP contribution in [-0.4, -0.2) is 145 Å². The van der Waals surface area contributed by atoms with E-state index in [1.165, 1.54) is 5.56 Å². The van der Waals surface area contributed by atoms with Crippen molar-refractivity contribution in [2.24, 2.45) is 0 Å². The molecule has 0 aliphatic rings.